The van der Waals surface area contributed by atoms with Crippen LogP contribution < -0.4 is 5.32 Å². The first-order valence-corrected chi connectivity index (χ1v) is 6.62. The van der Waals surface area contributed by atoms with Gasteiger partial charge in [-0.25, -0.2) is 4.39 Å². The highest BCUT2D eigenvalue weighted by Crippen LogP contribution is 2.44. The zero-order valence-corrected chi connectivity index (χ0v) is 10.8. The third kappa shape index (κ3) is 2.25. The molecule has 16 heavy (non-hydrogen) atoms. The monoisotopic (exact) mass is 228 g/mol. The number of halogens is 1. The summed E-state index contributed by atoms with van der Waals surface area (Å²) in [6, 6.07) is 0.526. The second-order valence-corrected chi connectivity index (χ2v) is 6.00. The van der Waals surface area contributed by atoms with Gasteiger partial charge >= 0.3 is 0 Å². The van der Waals surface area contributed by atoms with E-state index >= 15 is 0 Å². The molecule has 2 nitrogen and oxygen atoms in total. The van der Waals surface area contributed by atoms with Gasteiger partial charge in [-0.15, -0.1) is 0 Å². The smallest absolute Gasteiger partial charge is 0.102 e. The highest BCUT2D eigenvalue weighted by molar-refractivity contribution is 5.05. The molecule has 2 atom stereocenters. The Labute approximate surface area is 98.6 Å². The zero-order chi connectivity index (χ0) is 11.8. The Morgan fingerprint density at radius 1 is 1.44 bits per heavy atom. The minimum atomic E-state index is -0.215. The minimum absolute atomic E-state index is 0.206. The second kappa shape index (κ2) is 4.61. The van der Waals surface area contributed by atoms with Gasteiger partial charge in [0.2, 0.25) is 0 Å². The van der Waals surface area contributed by atoms with E-state index in [1.807, 2.05) is 0 Å². The van der Waals surface area contributed by atoms with E-state index in [1.165, 1.54) is 12.8 Å². The van der Waals surface area contributed by atoms with E-state index in [9.17, 15) is 4.39 Å². The predicted molar refractivity (Wildman–Crippen MR) is 65.3 cm³/mol. The van der Waals surface area contributed by atoms with Gasteiger partial charge in [0.25, 0.3) is 0 Å². The van der Waals surface area contributed by atoms with Crippen LogP contribution in [0.4, 0.5) is 4.39 Å². The first-order chi connectivity index (χ1) is 7.58. The SMILES string of the molecule is CC(C)C1CN(CCF)C(C)(C2CC2)CN1. The lowest BCUT2D eigenvalue weighted by atomic mass is 9.87. The van der Waals surface area contributed by atoms with Crippen LogP contribution in [0.2, 0.25) is 0 Å². The van der Waals surface area contributed by atoms with E-state index < -0.39 is 0 Å². The third-order valence-electron chi connectivity index (χ3n) is 4.48. The molecule has 0 amide bonds. The fraction of sp³-hybridized carbons (Fsp3) is 1.00. The van der Waals surface area contributed by atoms with Gasteiger partial charge in [-0.3, -0.25) is 4.90 Å². The molecule has 0 aromatic rings. The average Bonchev–Trinajstić information content (AvgIpc) is 3.05. The molecule has 1 aliphatic heterocycles. The van der Waals surface area contributed by atoms with Gasteiger partial charge in [0, 0.05) is 31.2 Å². The van der Waals surface area contributed by atoms with Gasteiger partial charge in [0.05, 0.1) is 0 Å². The molecule has 1 heterocycles. The van der Waals surface area contributed by atoms with E-state index in [4.69, 9.17) is 0 Å². The first-order valence-electron chi connectivity index (χ1n) is 6.62. The molecule has 0 bridgehead atoms. The summed E-state index contributed by atoms with van der Waals surface area (Å²) in [5.74, 6) is 1.42. The van der Waals surface area contributed by atoms with Crippen LogP contribution in [0.1, 0.15) is 33.6 Å². The fourth-order valence-electron chi connectivity index (χ4n) is 2.96. The Balaban J connectivity index is 2.04. The molecule has 0 aromatic carbocycles. The van der Waals surface area contributed by atoms with Gasteiger partial charge < -0.3 is 5.32 Å². The summed E-state index contributed by atoms with van der Waals surface area (Å²) < 4.78 is 12.7. The molecule has 1 saturated heterocycles. The van der Waals surface area contributed by atoms with Crippen molar-refractivity contribution >= 4 is 0 Å². The summed E-state index contributed by atoms with van der Waals surface area (Å²) in [6.45, 7) is 9.22. The largest absolute Gasteiger partial charge is 0.311 e. The van der Waals surface area contributed by atoms with Crippen LogP contribution in [0.15, 0.2) is 0 Å². The molecule has 2 fully saturated rings. The molecule has 1 saturated carbocycles. The van der Waals surface area contributed by atoms with Crippen LogP contribution >= 0.6 is 0 Å². The molecular formula is C13H25FN2. The summed E-state index contributed by atoms with van der Waals surface area (Å²) >= 11 is 0. The van der Waals surface area contributed by atoms with Crippen molar-refractivity contribution in [2.24, 2.45) is 11.8 Å². The maximum Gasteiger partial charge on any atom is 0.102 e. The van der Waals surface area contributed by atoms with Gasteiger partial charge in [0.1, 0.15) is 6.67 Å². The highest BCUT2D eigenvalue weighted by atomic mass is 19.1. The predicted octanol–water partition coefficient (Wildman–Crippen LogP) is 2.05. The van der Waals surface area contributed by atoms with Gasteiger partial charge in [-0.1, -0.05) is 13.8 Å². The molecule has 2 aliphatic rings. The fourth-order valence-corrected chi connectivity index (χ4v) is 2.96. The van der Waals surface area contributed by atoms with Crippen molar-refractivity contribution in [1.82, 2.24) is 10.2 Å². The lowest BCUT2D eigenvalue weighted by molar-refractivity contribution is 0.0213. The molecular weight excluding hydrogens is 203 g/mol. The lowest BCUT2D eigenvalue weighted by Gasteiger charge is -2.49. The topological polar surface area (TPSA) is 15.3 Å². The molecule has 2 unspecified atom stereocenters. The van der Waals surface area contributed by atoms with E-state index in [-0.39, 0.29) is 12.2 Å². The molecule has 0 aromatic heterocycles. The third-order valence-corrected chi connectivity index (χ3v) is 4.48. The van der Waals surface area contributed by atoms with Crippen molar-refractivity contribution < 1.29 is 4.39 Å². The lowest BCUT2D eigenvalue weighted by Crippen LogP contribution is -2.65. The molecule has 1 aliphatic carbocycles. The summed E-state index contributed by atoms with van der Waals surface area (Å²) in [6.07, 6.45) is 2.65. The van der Waals surface area contributed by atoms with Gasteiger partial charge in [-0.2, -0.15) is 0 Å². The number of hydrogen-bond acceptors (Lipinski definition) is 2. The second-order valence-electron chi connectivity index (χ2n) is 6.00. The Hall–Kier alpha value is -0.150. The molecule has 94 valence electrons. The molecule has 1 N–H and O–H groups in total. The summed E-state index contributed by atoms with van der Waals surface area (Å²) in [4.78, 5) is 2.39. The van der Waals surface area contributed by atoms with Crippen molar-refractivity contribution in [2.45, 2.75) is 45.2 Å². The molecule has 0 spiro atoms. The number of nitrogens with zero attached hydrogens (tertiary/aromatic N) is 1. The van der Waals surface area contributed by atoms with Crippen LogP contribution in [0.3, 0.4) is 0 Å². The molecule has 3 heteroatoms. The quantitative estimate of drug-likeness (QED) is 0.792. The molecule has 0 radical (unpaired) electrons. The van der Waals surface area contributed by atoms with Crippen LogP contribution in [0.5, 0.6) is 0 Å². The van der Waals surface area contributed by atoms with E-state index in [1.54, 1.807) is 0 Å². The Bertz CT molecular complexity index is 240. The summed E-state index contributed by atoms with van der Waals surface area (Å²) in [5.41, 5.74) is 0.206. The maximum absolute atomic E-state index is 12.7. The highest BCUT2D eigenvalue weighted by Gasteiger charge is 2.48. The van der Waals surface area contributed by atoms with E-state index in [0.29, 0.717) is 18.5 Å². The normalized spacial score (nSPS) is 36.9. The van der Waals surface area contributed by atoms with Crippen molar-refractivity contribution in [3.63, 3.8) is 0 Å². The van der Waals surface area contributed by atoms with Crippen molar-refractivity contribution in [2.75, 3.05) is 26.3 Å². The summed E-state index contributed by atoms with van der Waals surface area (Å²) in [5, 5.41) is 3.65. The summed E-state index contributed by atoms with van der Waals surface area (Å²) in [7, 11) is 0. The van der Waals surface area contributed by atoms with Crippen molar-refractivity contribution in [1.29, 1.82) is 0 Å². The van der Waals surface area contributed by atoms with Crippen LogP contribution in [0, 0.1) is 11.8 Å². The average molecular weight is 228 g/mol. The van der Waals surface area contributed by atoms with Crippen LogP contribution in [0.25, 0.3) is 0 Å². The zero-order valence-electron chi connectivity index (χ0n) is 10.8. The van der Waals surface area contributed by atoms with Crippen molar-refractivity contribution in [3.05, 3.63) is 0 Å². The maximum atomic E-state index is 12.7. The van der Waals surface area contributed by atoms with Crippen LogP contribution in [-0.2, 0) is 0 Å². The van der Waals surface area contributed by atoms with E-state index in [0.717, 1.165) is 19.0 Å². The Kier molecular flexibility index (Phi) is 3.55. The number of rotatable bonds is 4. The van der Waals surface area contributed by atoms with Gasteiger partial charge in [-0.05, 0) is 31.6 Å². The Morgan fingerprint density at radius 2 is 2.12 bits per heavy atom. The number of nitrogens with one attached hydrogen (secondary N) is 1. The number of alkyl halides is 1. The van der Waals surface area contributed by atoms with Crippen molar-refractivity contribution in [3.8, 4) is 0 Å². The van der Waals surface area contributed by atoms with Gasteiger partial charge in [0.15, 0.2) is 0 Å². The van der Waals surface area contributed by atoms with E-state index in [2.05, 4.69) is 31.0 Å². The standard InChI is InChI=1S/C13H25FN2/c1-10(2)12-8-16(7-6-14)13(3,9-15-12)11-4-5-11/h10-12,15H,4-9H2,1-3H3. The minimum Gasteiger partial charge on any atom is -0.311 e. The number of hydrogen-bond donors (Lipinski definition) is 1. The first kappa shape index (κ1) is 12.3. The molecule has 2 rings (SSSR count). The number of piperazine rings is 1. The van der Waals surface area contributed by atoms with Crippen LogP contribution in [-0.4, -0.2) is 42.8 Å². The Morgan fingerprint density at radius 3 is 2.62 bits per heavy atom.